The maximum Gasteiger partial charge on any atom is 0.210 e. The lowest BCUT2D eigenvalue weighted by Crippen LogP contribution is -1.97. The van der Waals surface area contributed by atoms with E-state index in [1.165, 1.54) is 11.1 Å². The monoisotopic (exact) mass is 346 g/mol. The van der Waals surface area contributed by atoms with Crippen molar-refractivity contribution >= 4 is 33.9 Å². The molecule has 0 saturated heterocycles. The van der Waals surface area contributed by atoms with Gasteiger partial charge in [0.25, 0.3) is 0 Å². The van der Waals surface area contributed by atoms with E-state index in [9.17, 15) is 0 Å². The molecule has 0 amide bonds. The van der Waals surface area contributed by atoms with Crippen LogP contribution in [-0.4, -0.2) is 15.4 Å². The highest BCUT2D eigenvalue weighted by Crippen LogP contribution is 2.32. The van der Waals surface area contributed by atoms with Gasteiger partial charge in [-0.1, -0.05) is 53.4 Å². The van der Waals surface area contributed by atoms with E-state index in [2.05, 4.69) is 52.7 Å². The highest BCUT2D eigenvalue weighted by molar-refractivity contribution is 8.00. The van der Waals surface area contributed by atoms with Crippen LogP contribution in [0.4, 0.5) is 10.8 Å². The van der Waals surface area contributed by atoms with Crippen molar-refractivity contribution in [1.29, 1.82) is 0 Å². The van der Waals surface area contributed by atoms with Crippen molar-refractivity contribution in [2.24, 2.45) is 0 Å². The van der Waals surface area contributed by atoms with E-state index < -0.39 is 0 Å². The predicted molar refractivity (Wildman–Crippen MR) is 94.5 cm³/mol. The summed E-state index contributed by atoms with van der Waals surface area (Å²) in [5.41, 5.74) is 4.53. The Morgan fingerprint density at radius 2 is 2.13 bits per heavy atom. The molecular formula is C16H18N4OS2. The Labute approximate surface area is 143 Å². The zero-order valence-corrected chi connectivity index (χ0v) is 14.9. The minimum atomic E-state index is 0.708. The molecule has 120 valence electrons. The fourth-order valence-corrected chi connectivity index (χ4v) is 3.88. The molecule has 0 saturated carbocycles. The van der Waals surface area contributed by atoms with Crippen molar-refractivity contribution in [3.63, 3.8) is 0 Å². The van der Waals surface area contributed by atoms with Crippen molar-refractivity contribution in [2.45, 2.75) is 37.3 Å². The molecule has 7 heteroatoms. The van der Waals surface area contributed by atoms with Crippen LogP contribution in [0.25, 0.3) is 0 Å². The van der Waals surface area contributed by atoms with E-state index in [1.54, 1.807) is 23.1 Å². The normalized spacial score (nSPS) is 10.9. The van der Waals surface area contributed by atoms with Crippen LogP contribution >= 0.6 is 23.1 Å². The predicted octanol–water partition coefficient (Wildman–Crippen LogP) is 4.74. The maximum atomic E-state index is 5.20. The summed E-state index contributed by atoms with van der Waals surface area (Å²) in [6.45, 7) is 6.17. The standard InChI is InChI=1S/C16H18N4OS2/c1-4-12-7-5-6-10(2)14(12)17-15-18-19-16(23-15)22-9-13-8-11(3)20-21-13/h5-8H,4,9H2,1-3H3,(H,17,18). The maximum absolute atomic E-state index is 5.20. The van der Waals surface area contributed by atoms with Crippen molar-refractivity contribution in [3.05, 3.63) is 46.8 Å². The summed E-state index contributed by atoms with van der Waals surface area (Å²) in [5, 5.41) is 16.6. The lowest BCUT2D eigenvalue weighted by molar-refractivity contribution is 0.391. The second-order valence-electron chi connectivity index (χ2n) is 5.18. The smallest absolute Gasteiger partial charge is 0.210 e. The molecule has 23 heavy (non-hydrogen) atoms. The lowest BCUT2D eigenvalue weighted by atomic mass is 10.1. The molecule has 0 aliphatic heterocycles. The largest absolute Gasteiger partial charge is 0.360 e. The number of benzene rings is 1. The number of rotatable bonds is 6. The van der Waals surface area contributed by atoms with Gasteiger partial charge in [0.15, 0.2) is 4.34 Å². The Morgan fingerprint density at radius 3 is 2.87 bits per heavy atom. The SMILES string of the molecule is CCc1cccc(C)c1Nc1nnc(SCc2cc(C)no2)s1. The Bertz CT molecular complexity index is 797. The molecule has 0 atom stereocenters. The van der Waals surface area contributed by atoms with Gasteiger partial charge in [-0.15, -0.1) is 10.2 Å². The number of aromatic nitrogens is 3. The summed E-state index contributed by atoms with van der Waals surface area (Å²) >= 11 is 3.15. The van der Waals surface area contributed by atoms with Crippen molar-refractivity contribution in [3.8, 4) is 0 Å². The molecule has 0 aliphatic carbocycles. The van der Waals surface area contributed by atoms with Crippen LogP contribution in [0.5, 0.6) is 0 Å². The molecule has 5 nitrogen and oxygen atoms in total. The molecule has 0 unspecified atom stereocenters. The first kappa shape index (κ1) is 16.0. The topological polar surface area (TPSA) is 63.8 Å². The minimum absolute atomic E-state index is 0.708. The number of para-hydroxylation sites is 1. The molecule has 0 bridgehead atoms. The molecule has 3 aromatic rings. The van der Waals surface area contributed by atoms with Gasteiger partial charge in [-0.2, -0.15) is 0 Å². The van der Waals surface area contributed by atoms with Gasteiger partial charge in [0.1, 0.15) is 5.76 Å². The van der Waals surface area contributed by atoms with Crippen LogP contribution in [-0.2, 0) is 12.2 Å². The van der Waals surface area contributed by atoms with Gasteiger partial charge in [-0.3, -0.25) is 0 Å². The van der Waals surface area contributed by atoms with Crippen LogP contribution in [0.15, 0.2) is 33.1 Å². The van der Waals surface area contributed by atoms with Gasteiger partial charge in [-0.05, 0) is 31.4 Å². The summed E-state index contributed by atoms with van der Waals surface area (Å²) < 4.78 is 6.11. The number of anilines is 2. The Hall–Kier alpha value is -1.86. The second-order valence-corrected chi connectivity index (χ2v) is 7.38. The quantitative estimate of drug-likeness (QED) is 0.650. The summed E-state index contributed by atoms with van der Waals surface area (Å²) in [4.78, 5) is 0. The number of nitrogens with one attached hydrogen (secondary N) is 1. The van der Waals surface area contributed by atoms with Gasteiger partial charge >= 0.3 is 0 Å². The van der Waals surface area contributed by atoms with Gasteiger partial charge < -0.3 is 9.84 Å². The zero-order chi connectivity index (χ0) is 16.2. The summed E-state index contributed by atoms with van der Waals surface area (Å²) in [5.74, 6) is 1.56. The van der Waals surface area contributed by atoms with Crippen LogP contribution < -0.4 is 5.32 Å². The van der Waals surface area contributed by atoms with E-state index in [-0.39, 0.29) is 0 Å². The van der Waals surface area contributed by atoms with E-state index >= 15 is 0 Å². The third-order valence-corrected chi connectivity index (χ3v) is 5.39. The Balaban J connectivity index is 1.68. The molecule has 2 aromatic heterocycles. The van der Waals surface area contributed by atoms with E-state index in [4.69, 9.17) is 4.52 Å². The molecule has 2 heterocycles. The Kier molecular flexibility index (Phi) is 4.97. The first-order chi connectivity index (χ1) is 11.2. The Morgan fingerprint density at radius 1 is 1.26 bits per heavy atom. The number of hydrogen-bond donors (Lipinski definition) is 1. The van der Waals surface area contributed by atoms with Crippen molar-refractivity contribution < 1.29 is 4.52 Å². The van der Waals surface area contributed by atoms with Crippen LogP contribution in [0.1, 0.15) is 29.5 Å². The third kappa shape index (κ3) is 3.92. The summed E-state index contributed by atoms with van der Waals surface area (Å²) in [6.07, 6.45) is 0.981. The molecule has 0 aliphatic rings. The van der Waals surface area contributed by atoms with Gasteiger partial charge in [0, 0.05) is 11.8 Å². The number of nitrogens with zero attached hydrogens (tertiary/aromatic N) is 3. The number of hydrogen-bond acceptors (Lipinski definition) is 7. The average molecular weight is 346 g/mol. The zero-order valence-electron chi connectivity index (χ0n) is 13.3. The highest BCUT2D eigenvalue weighted by atomic mass is 32.2. The minimum Gasteiger partial charge on any atom is -0.360 e. The van der Waals surface area contributed by atoms with Crippen LogP contribution in [0, 0.1) is 13.8 Å². The number of thioether (sulfide) groups is 1. The molecule has 1 N–H and O–H groups in total. The van der Waals surface area contributed by atoms with Gasteiger partial charge in [-0.25, -0.2) is 0 Å². The molecule has 0 fully saturated rings. The van der Waals surface area contributed by atoms with Crippen molar-refractivity contribution in [1.82, 2.24) is 15.4 Å². The van der Waals surface area contributed by atoms with Gasteiger partial charge in [0.05, 0.1) is 11.4 Å². The summed E-state index contributed by atoms with van der Waals surface area (Å²) in [6, 6.07) is 8.26. The summed E-state index contributed by atoms with van der Waals surface area (Å²) in [7, 11) is 0. The lowest BCUT2D eigenvalue weighted by Gasteiger charge is -2.11. The molecular weight excluding hydrogens is 328 g/mol. The highest BCUT2D eigenvalue weighted by Gasteiger charge is 2.10. The molecule has 1 aromatic carbocycles. The van der Waals surface area contributed by atoms with Crippen LogP contribution in [0.3, 0.4) is 0 Å². The first-order valence-corrected chi connectivity index (χ1v) is 9.20. The van der Waals surface area contributed by atoms with E-state index in [0.29, 0.717) is 5.75 Å². The fourth-order valence-electron chi connectivity index (χ4n) is 2.24. The van der Waals surface area contributed by atoms with E-state index in [1.807, 2.05) is 13.0 Å². The third-order valence-electron chi connectivity index (χ3n) is 3.39. The van der Waals surface area contributed by atoms with Crippen molar-refractivity contribution in [2.75, 3.05) is 5.32 Å². The molecule has 0 radical (unpaired) electrons. The average Bonchev–Trinajstić information content (AvgIpc) is 3.16. The van der Waals surface area contributed by atoms with Crippen LogP contribution in [0.2, 0.25) is 0 Å². The second kappa shape index (κ2) is 7.14. The fraction of sp³-hybridized carbons (Fsp3) is 0.312. The van der Waals surface area contributed by atoms with Gasteiger partial charge in [0.2, 0.25) is 5.13 Å². The molecule has 3 rings (SSSR count). The molecule has 0 spiro atoms. The number of aryl methyl sites for hydroxylation is 3. The van der Waals surface area contributed by atoms with E-state index in [0.717, 1.165) is 33.0 Å². The first-order valence-electron chi connectivity index (χ1n) is 7.39.